The van der Waals surface area contributed by atoms with Crippen LogP contribution < -0.4 is 0 Å². The van der Waals surface area contributed by atoms with Crippen molar-refractivity contribution in [3.8, 4) is 0 Å². The average Bonchev–Trinajstić information content (AvgIpc) is 2.82. The number of hydrogen-bond acceptors (Lipinski definition) is 4. The Morgan fingerprint density at radius 3 is 2.54 bits per heavy atom. The zero-order chi connectivity index (χ0) is 17.9. The van der Waals surface area contributed by atoms with E-state index in [1.165, 1.54) is 7.11 Å². The summed E-state index contributed by atoms with van der Waals surface area (Å²) in [6, 6.07) is 0. The third kappa shape index (κ3) is 6.81. The van der Waals surface area contributed by atoms with Crippen molar-refractivity contribution in [3.05, 3.63) is 23.8 Å². The third-order valence-electron chi connectivity index (χ3n) is 4.58. The summed E-state index contributed by atoms with van der Waals surface area (Å²) < 4.78 is 4.62. The molecule has 1 aliphatic rings. The highest BCUT2D eigenvalue weighted by atomic mass is 16.5. The van der Waals surface area contributed by atoms with Gasteiger partial charge in [0, 0.05) is 24.7 Å². The van der Waals surface area contributed by atoms with E-state index in [-0.39, 0.29) is 29.4 Å². The molecular formula is C20H30O4. The van der Waals surface area contributed by atoms with Crippen LogP contribution in [0.4, 0.5) is 0 Å². The Morgan fingerprint density at radius 1 is 1.17 bits per heavy atom. The Morgan fingerprint density at radius 2 is 1.88 bits per heavy atom. The molecule has 0 fully saturated rings. The minimum atomic E-state index is -0.212. The summed E-state index contributed by atoms with van der Waals surface area (Å²) >= 11 is 0. The second kappa shape index (κ2) is 11.0. The van der Waals surface area contributed by atoms with Crippen LogP contribution in [0.2, 0.25) is 0 Å². The maximum absolute atomic E-state index is 12.1. The summed E-state index contributed by atoms with van der Waals surface area (Å²) in [5.74, 6) is -0.0112. The van der Waals surface area contributed by atoms with Gasteiger partial charge in [0.15, 0.2) is 11.6 Å². The molecular weight excluding hydrogens is 304 g/mol. The molecule has 0 bridgehead atoms. The molecule has 0 saturated carbocycles. The molecule has 0 N–H and O–H groups in total. The smallest absolute Gasteiger partial charge is 0.305 e. The molecule has 4 nitrogen and oxygen atoms in total. The second-order valence-electron chi connectivity index (χ2n) is 6.53. The van der Waals surface area contributed by atoms with E-state index in [1.807, 2.05) is 13.0 Å². The van der Waals surface area contributed by atoms with Gasteiger partial charge >= 0.3 is 5.97 Å². The second-order valence-corrected chi connectivity index (χ2v) is 6.53. The van der Waals surface area contributed by atoms with Crippen LogP contribution in [0.25, 0.3) is 0 Å². The van der Waals surface area contributed by atoms with Gasteiger partial charge in [0.2, 0.25) is 0 Å². The first-order valence-electron chi connectivity index (χ1n) is 8.99. The Labute approximate surface area is 145 Å². The lowest BCUT2D eigenvalue weighted by atomic mass is 9.86. The fourth-order valence-corrected chi connectivity index (χ4v) is 3.11. The molecule has 0 aromatic carbocycles. The van der Waals surface area contributed by atoms with Crippen LogP contribution in [0.15, 0.2) is 23.8 Å². The number of ketones is 2. The van der Waals surface area contributed by atoms with Gasteiger partial charge in [-0.2, -0.15) is 0 Å². The number of allylic oxidation sites excluding steroid dienone is 4. The molecule has 0 amide bonds. The van der Waals surface area contributed by atoms with Gasteiger partial charge in [-0.1, -0.05) is 37.8 Å². The summed E-state index contributed by atoms with van der Waals surface area (Å²) in [5, 5.41) is 0. The van der Waals surface area contributed by atoms with Crippen LogP contribution >= 0.6 is 0 Å². The minimum absolute atomic E-state index is 0.0192. The summed E-state index contributed by atoms with van der Waals surface area (Å²) in [4.78, 5) is 35.2. The fourth-order valence-electron chi connectivity index (χ4n) is 3.11. The molecule has 0 aromatic rings. The van der Waals surface area contributed by atoms with E-state index in [0.29, 0.717) is 12.8 Å². The van der Waals surface area contributed by atoms with Crippen LogP contribution in [0.5, 0.6) is 0 Å². The lowest BCUT2D eigenvalue weighted by Gasteiger charge is -2.17. The van der Waals surface area contributed by atoms with Crippen molar-refractivity contribution in [2.24, 2.45) is 11.8 Å². The van der Waals surface area contributed by atoms with Crippen molar-refractivity contribution >= 4 is 17.5 Å². The molecule has 2 atom stereocenters. The van der Waals surface area contributed by atoms with E-state index in [2.05, 4.69) is 11.7 Å². The number of unbranched alkanes of at least 4 members (excludes halogenated alkanes) is 3. The number of rotatable bonds is 11. The Bertz CT molecular complexity index is 502. The maximum atomic E-state index is 12.1. The molecule has 24 heavy (non-hydrogen) atoms. The van der Waals surface area contributed by atoms with Gasteiger partial charge in [0.05, 0.1) is 7.11 Å². The van der Waals surface area contributed by atoms with Crippen LogP contribution in [0.1, 0.15) is 65.2 Å². The summed E-state index contributed by atoms with van der Waals surface area (Å²) in [6.45, 7) is 4.06. The Kier molecular flexibility index (Phi) is 9.28. The lowest BCUT2D eigenvalue weighted by molar-refractivity contribution is -0.140. The normalized spacial score (nSPS) is 20.5. The van der Waals surface area contributed by atoms with E-state index in [0.717, 1.165) is 44.1 Å². The topological polar surface area (TPSA) is 60.4 Å². The molecule has 0 saturated heterocycles. The van der Waals surface area contributed by atoms with Gasteiger partial charge in [-0.25, -0.2) is 0 Å². The highest BCUT2D eigenvalue weighted by Gasteiger charge is 2.31. The number of esters is 1. The summed E-state index contributed by atoms with van der Waals surface area (Å²) in [6.07, 6.45) is 11.6. The van der Waals surface area contributed by atoms with Crippen LogP contribution in [-0.4, -0.2) is 24.6 Å². The van der Waals surface area contributed by atoms with Crippen molar-refractivity contribution in [1.82, 2.24) is 0 Å². The monoisotopic (exact) mass is 334 g/mol. The van der Waals surface area contributed by atoms with E-state index in [4.69, 9.17) is 0 Å². The number of carbonyl (C=O) groups excluding carboxylic acids is 3. The van der Waals surface area contributed by atoms with E-state index in [9.17, 15) is 14.4 Å². The van der Waals surface area contributed by atoms with Crippen molar-refractivity contribution in [1.29, 1.82) is 0 Å². The fraction of sp³-hybridized carbons (Fsp3) is 0.650. The van der Waals surface area contributed by atoms with E-state index in [1.54, 1.807) is 12.2 Å². The standard InChI is InChI=1S/C20H30O4/c1-4-5-6-9-16(21)12-13-17-15(2)14-19(22)18(17)10-7-8-11-20(23)24-3/h12-14,17-18H,4-11H2,1-3H3. The molecule has 0 radical (unpaired) electrons. The van der Waals surface area contributed by atoms with Crippen LogP contribution in [-0.2, 0) is 19.1 Å². The zero-order valence-corrected chi connectivity index (χ0v) is 15.2. The summed E-state index contributed by atoms with van der Waals surface area (Å²) in [5.41, 5.74) is 1.02. The third-order valence-corrected chi connectivity index (χ3v) is 4.58. The maximum Gasteiger partial charge on any atom is 0.305 e. The molecule has 0 aromatic heterocycles. The van der Waals surface area contributed by atoms with Gasteiger partial charge < -0.3 is 4.74 Å². The molecule has 0 heterocycles. The predicted molar refractivity (Wildman–Crippen MR) is 94.5 cm³/mol. The van der Waals surface area contributed by atoms with E-state index < -0.39 is 0 Å². The molecule has 134 valence electrons. The summed E-state index contributed by atoms with van der Waals surface area (Å²) in [7, 11) is 1.38. The minimum Gasteiger partial charge on any atom is -0.469 e. The molecule has 0 aliphatic heterocycles. The molecule has 1 rings (SSSR count). The van der Waals surface area contributed by atoms with Gasteiger partial charge in [-0.15, -0.1) is 0 Å². The molecule has 1 aliphatic carbocycles. The van der Waals surface area contributed by atoms with Gasteiger partial charge in [-0.05, 0) is 38.3 Å². The lowest BCUT2D eigenvalue weighted by Crippen LogP contribution is -2.16. The Hall–Kier alpha value is -1.71. The van der Waals surface area contributed by atoms with Gasteiger partial charge in [0.25, 0.3) is 0 Å². The zero-order valence-electron chi connectivity index (χ0n) is 15.2. The van der Waals surface area contributed by atoms with Crippen molar-refractivity contribution < 1.29 is 19.1 Å². The van der Waals surface area contributed by atoms with E-state index >= 15 is 0 Å². The van der Waals surface area contributed by atoms with Crippen LogP contribution in [0.3, 0.4) is 0 Å². The first kappa shape index (κ1) is 20.3. The number of hydrogen-bond donors (Lipinski definition) is 0. The molecule has 0 spiro atoms. The van der Waals surface area contributed by atoms with Crippen LogP contribution in [0, 0.1) is 11.8 Å². The SMILES string of the molecule is CCCCCC(=O)C=CC1C(C)=CC(=O)C1CCCCC(=O)OC. The molecule has 4 heteroatoms. The van der Waals surface area contributed by atoms with Gasteiger partial charge in [0.1, 0.15) is 0 Å². The largest absolute Gasteiger partial charge is 0.469 e. The first-order chi connectivity index (χ1) is 11.5. The first-order valence-corrected chi connectivity index (χ1v) is 8.99. The number of carbonyl (C=O) groups is 3. The Balaban J connectivity index is 2.50. The van der Waals surface area contributed by atoms with Crippen molar-refractivity contribution in [2.75, 3.05) is 7.11 Å². The number of ether oxygens (including phenoxy) is 1. The predicted octanol–water partition coefficient (Wildman–Crippen LogP) is 4.19. The highest BCUT2D eigenvalue weighted by Crippen LogP contribution is 2.34. The highest BCUT2D eigenvalue weighted by molar-refractivity contribution is 5.96. The van der Waals surface area contributed by atoms with Crippen molar-refractivity contribution in [2.45, 2.75) is 65.2 Å². The number of methoxy groups -OCH3 is 1. The molecule has 2 unspecified atom stereocenters. The average molecular weight is 334 g/mol. The van der Waals surface area contributed by atoms with Gasteiger partial charge in [-0.3, -0.25) is 14.4 Å². The quantitative estimate of drug-likeness (QED) is 0.323. The van der Waals surface area contributed by atoms with Crippen molar-refractivity contribution in [3.63, 3.8) is 0 Å².